The molecule has 1 aromatic rings. The van der Waals surface area contributed by atoms with Gasteiger partial charge in [0.05, 0.1) is 19.1 Å². The van der Waals surface area contributed by atoms with E-state index in [1.807, 2.05) is 25.2 Å². The standard InChI is InChI=1S/C14H19ClN2O2/c1-17(10-13-9-16-5-6-19-13)14(18)8-11-3-2-4-12(15)7-11/h2-4,7,13,16H,5-6,8-10H2,1H3. The lowest BCUT2D eigenvalue weighted by Crippen LogP contribution is -2.46. The van der Waals surface area contributed by atoms with Crippen LogP contribution >= 0.6 is 11.6 Å². The zero-order chi connectivity index (χ0) is 13.7. The van der Waals surface area contributed by atoms with Gasteiger partial charge in [-0.15, -0.1) is 0 Å². The number of nitrogens with zero attached hydrogens (tertiary/aromatic N) is 1. The molecule has 1 aliphatic heterocycles. The zero-order valence-electron chi connectivity index (χ0n) is 11.1. The van der Waals surface area contributed by atoms with Crippen molar-refractivity contribution in [1.29, 1.82) is 0 Å². The number of hydrogen-bond acceptors (Lipinski definition) is 3. The lowest BCUT2D eigenvalue weighted by molar-refractivity contribution is -0.131. The van der Waals surface area contributed by atoms with Crippen molar-refractivity contribution in [2.45, 2.75) is 12.5 Å². The van der Waals surface area contributed by atoms with Crippen LogP contribution in [-0.4, -0.2) is 50.2 Å². The Morgan fingerprint density at radius 1 is 1.58 bits per heavy atom. The maximum atomic E-state index is 12.1. The first-order chi connectivity index (χ1) is 9.15. The Labute approximate surface area is 118 Å². The van der Waals surface area contributed by atoms with Crippen LogP contribution in [0.5, 0.6) is 0 Å². The van der Waals surface area contributed by atoms with E-state index in [4.69, 9.17) is 16.3 Å². The molecular weight excluding hydrogens is 264 g/mol. The summed E-state index contributed by atoms with van der Waals surface area (Å²) in [6.07, 6.45) is 0.457. The fourth-order valence-corrected chi connectivity index (χ4v) is 2.31. The summed E-state index contributed by atoms with van der Waals surface area (Å²) >= 11 is 5.91. The summed E-state index contributed by atoms with van der Waals surface area (Å²) in [5.41, 5.74) is 0.937. The molecule has 104 valence electrons. The van der Waals surface area contributed by atoms with E-state index in [9.17, 15) is 4.79 Å². The van der Waals surface area contributed by atoms with Crippen LogP contribution in [0.3, 0.4) is 0 Å². The summed E-state index contributed by atoms with van der Waals surface area (Å²) in [6, 6.07) is 7.40. The van der Waals surface area contributed by atoms with Gasteiger partial charge in [-0.25, -0.2) is 0 Å². The number of halogens is 1. The fourth-order valence-electron chi connectivity index (χ4n) is 2.10. The first-order valence-corrected chi connectivity index (χ1v) is 6.83. The summed E-state index contributed by atoms with van der Waals surface area (Å²) < 4.78 is 5.59. The Morgan fingerprint density at radius 3 is 3.11 bits per heavy atom. The Balaban J connectivity index is 1.84. The maximum absolute atomic E-state index is 12.1. The minimum atomic E-state index is 0.0800. The molecule has 0 aromatic heterocycles. The number of likely N-dealkylation sites (N-methyl/N-ethyl adjacent to an activating group) is 1. The first kappa shape index (κ1) is 14.3. The molecule has 0 aliphatic carbocycles. The summed E-state index contributed by atoms with van der Waals surface area (Å²) in [5, 5.41) is 3.92. The second-order valence-electron chi connectivity index (χ2n) is 4.78. The molecule has 19 heavy (non-hydrogen) atoms. The molecule has 1 heterocycles. The molecule has 1 saturated heterocycles. The SMILES string of the molecule is CN(CC1CNCCO1)C(=O)Cc1cccc(Cl)c1. The highest BCUT2D eigenvalue weighted by Gasteiger charge is 2.18. The second kappa shape index (κ2) is 6.89. The van der Waals surface area contributed by atoms with Gasteiger partial charge in [0.2, 0.25) is 5.91 Å². The van der Waals surface area contributed by atoms with Crippen molar-refractivity contribution in [3.8, 4) is 0 Å². The molecular formula is C14H19ClN2O2. The van der Waals surface area contributed by atoms with E-state index >= 15 is 0 Å². The Bertz CT molecular complexity index is 433. The highest BCUT2D eigenvalue weighted by Crippen LogP contribution is 2.12. The average molecular weight is 283 g/mol. The van der Waals surface area contributed by atoms with E-state index < -0.39 is 0 Å². The molecule has 0 spiro atoms. The van der Waals surface area contributed by atoms with Crippen molar-refractivity contribution in [2.75, 3.05) is 33.3 Å². The van der Waals surface area contributed by atoms with Crippen LogP contribution in [0.25, 0.3) is 0 Å². The van der Waals surface area contributed by atoms with Crippen molar-refractivity contribution >= 4 is 17.5 Å². The third-order valence-electron chi connectivity index (χ3n) is 3.15. The summed E-state index contributed by atoms with van der Waals surface area (Å²) in [7, 11) is 1.81. The molecule has 2 rings (SSSR count). The minimum absolute atomic E-state index is 0.0800. The van der Waals surface area contributed by atoms with Crippen LogP contribution in [0.4, 0.5) is 0 Å². The van der Waals surface area contributed by atoms with E-state index in [1.165, 1.54) is 0 Å². The Hall–Kier alpha value is -1.10. The number of rotatable bonds is 4. The molecule has 4 nitrogen and oxygen atoms in total. The average Bonchev–Trinajstić information content (AvgIpc) is 2.40. The number of ether oxygens (including phenoxy) is 1. The summed E-state index contributed by atoms with van der Waals surface area (Å²) in [5.74, 6) is 0.0800. The fraction of sp³-hybridized carbons (Fsp3) is 0.500. The first-order valence-electron chi connectivity index (χ1n) is 6.46. The number of carbonyl (C=O) groups excluding carboxylic acids is 1. The topological polar surface area (TPSA) is 41.6 Å². The largest absolute Gasteiger partial charge is 0.374 e. The Morgan fingerprint density at radius 2 is 2.42 bits per heavy atom. The quantitative estimate of drug-likeness (QED) is 0.906. The summed E-state index contributed by atoms with van der Waals surface area (Å²) in [4.78, 5) is 13.8. The lowest BCUT2D eigenvalue weighted by atomic mass is 10.1. The van der Waals surface area contributed by atoms with Gasteiger partial charge >= 0.3 is 0 Å². The van der Waals surface area contributed by atoms with Crippen LogP contribution in [0.2, 0.25) is 5.02 Å². The molecule has 1 aromatic carbocycles. The van der Waals surface area contributed by atoms with Gasteiger partial charge in [-0.05, 0) is 17.7 Å². The summed E-state index contributed by atoms with van der Waals surface area (Å²) in [6.45, 7) is 3.01. The number of morpholine rings is 1. The van der Waals surface area contributed by atoms with Crippen LogP contribution in [-0.2, 0) is 16.0 Å². The van der Waals surface area contributed by atoms with Crippen molar-refractivity contribution in [2.24, 2.45) is 0 Å². The van der Waals surface area contributed by atoms with Gasteiger partial charge in [0.25, 0.3) is 0 Å². The van der Waals surface area contributed by atoms with Gasteiger partial charge in [-0.1, -0.05) is 23.7 Å². The van der Waals surface area contributed by atoms with Crippen molar-refractivity contribution in [1.82, 2.24) is 10.2 Å². The van der Waals surface area contributed by atoms with Crippen LogP contribution in [0.1, 0.15) is 5.56 Å². The number of carbonyl (C=O) groups is 1. The van der Waals surface area contributed by atoms with Gasteiger partial charge < -0.3 is 15.0 Å². The predicted molar refractivity (Wildman–Crippen MR) is 75.4 cm³/mol. The highest BCUT2D eigenvalue weighted by atomic mass is 35.5. The molecule has 1 aliphatic rings. The molecule has 0 bridgehead atoms. The molecule has 1 unspecified atom stereocenters. The third-order valence-corrected chi connectivity index (χ3v) is 3.39. The molecule has 1 atom stereocenters. The molecule has 0 saturated carbocycles. The Kier molecular flexibility index (Phi) is 5.19. The number of amides is 1. The molecule has 1 amide bonds. The van der Waals surface area contributed by atoms with Gasteiger partial charge in [-0.2, -0.15) is 0 Å². The van der Waals surface area contributed by atoms with Crippen molar-refractivity contribution in [3.05, 3.63) is 34.9 Å². The van der Waals surface area contributed by atoms with Gasteiger partial charge in [-0.3, -0.25) is 4.79 Å². The van der Waals surface area contributed by atoms with E-state index in [0.717, 1.165) is 18.7 Å². The number of benzene rings is 1. The monoisotopic (exact) mass is 282 g/mol. The van der Waals surface area contributed by atoms with E-state index in [-0.39, 0.29) is 12.0 Å². The second-order valence-corrected chi connectivity index (χ2v) is 5.21. The predicted octanol–water partition coefficient (Wildman–Crippen LogP) is 1.33. The van der Waals surface area contributed by atoms with Crippen LogP contribution in [0, 0.1) is 0 Å². The van der Waals surface area contributed by atoms with E-state index in [2.05, 4.69) is 5.32 Å². The van der Waals surface area contributed by atoms with Gasteiger partial charge in [0.1, 0.15) is 0 Å². The number of nitrogens with one attached hydrogen (secondary N) is 1. The lowest BCUT2D eigenvalue weighted by Gasteiger charge is -2.28. The van der Waals surface area contributed by atoms with Crippen molar-refractivity contribution < 1.29 is 9.53 Å². The molecule has 5 heteroatoms. The van der Waals surface area contributed by atoms with Crippen molar-refractivity contribution in [3.63, 3.8) is 0 Å². The zero-order valence-corrected chi connectivity index (χ0v) is 11.8. The molecule has 1 N–H and O–H groups in total. The highest BCUT2D eigenvalue weighted by molar-refractivity contribution is 6.30. The number of hydrogen-bond donors (Lipinski definition) is 1. The molecule has 1 fully saturated rings. The third kappa shape index (κ3) is 4.49. The van der Waals surface area contributed by atoms with Crippen LogP contribution < -0.4 is 5.32 Å². The minimum Gasteiger partial charge on any atom is -0.374 e. The van der Waals surface area contributed by atoms with E-state index in [1.54, 1.807) is 11.0 Å². The van der Waals surface area contributed by atoms with Gasteiger partial charge in [0.15, 0.2) is 0 Å². The normalized spacial score (nSPS) is 19.2. The smallest absolute Gasteiger partial charge is 0.226 e. The molecule has 0 radical (unpaired) electrons. The van der Waals surface area contributed by atoms with Crippen LogP contribution in [0.15, 0.2) is 24.3 Å². The van der Waals surface area contributed by atoms with E-state index in [0.29, 0.717) is 24.6 Å². The maximum Gasteiger partial charge on any atom is 0.226 e. The van der Waals surface area contributed by atoms with Gasteiger partial charge in [0, 0.05) is 31.7 Å².